The third-order valence-electron chi connectivity index (χ3n) is 2.35. The Kier molecular flexibility index (Phi) is 2.78. The number of aryl methyl sites for hydroxylation is 1. The molecule has 0 aromatic carbocycles. The van der Waals surface area contributed by atoms with Gasteiger partial charge in [-0.3, -0.25) is 9.48 Å². The summed E-state index contributed by atoms with van der Waals surface area (Å²) in [5.41, 5.74) is -0.0498. The maximum atomic E-state index is 11.8. The zero-order valence-electron chi connectivity index (χ0n) is 9.20. The summed E-state index contributed by atoms with van der Waals surface area (Å²) in [6.07, 6.45) is 3.31. The minimum absolute atomic E-state index is 0.233. The summed E-state index contributed by atoms with van der Waals surface area (Å²) < 4.78 is 2.95. The first kappa shape index (κ1) is 11.1. The van der Waals surface area contributed by atoms with Crippen molar-refractivity contribution >= 4 is 5.97 Å². The van der Waals surface area contributed by atoms with Crippen LogP contribution in [-0.4, -0.2) is 25.4 Å². The Morgan fingerprint density at radius 1 is 1.41 bits per heavy atom. The van der Waals surface area contributed by atoms with Crippen LogP contribution < -0.4 is 5.56 Å². The van der Waals surface area contributed by atoms with E-state index in [-0.39, 0.29) is 12.1 Å². The van der Waals surface area contributed by atoms with Crippen molar-refractivity contribution in [3.05, 3.63) is 52.2 Å². The van der Waals surface area contributed by atoms with Crippen LogP contribution in [0, 0.1) is 0 Å². The van der Waals surface area contributed by atoms with Gasteiger partial charge in [-0.15, -0.1) is 0 Å². The number of aromatic nitrogens is 3. The van der Waals surface area contributed by atoms with Crippen LogP contribution in [0.5, 0.6) is 0 Å². The molecular formula is C11H11N3O3. The molecule has 6 heteroatoms. The van der Waals surface area contributed by atoms with E-state index in [1.807, 2.05) is 0 Å². The molecule has 0 aliphatic rings. The largest absolute Gasteiger partial charge is 0.477 e. The summed E-state index contributed by atoms with van der Waals surface area (Å²) in [5.74, 6) is -1.22. The maximum Gasteiger partial charge on any atom is 0.341 e. The van der Waals surface area contributed by atoms with E-state index in [9.17, 15) is 9.59 Å². The van der Waals surface area contributed by atoms with Gasteiger partial charge in [0, 0.05) is 19.4 Å². The number of aromatic carboxylic acids is 1. The number of carboxylic acids is 1. The molecule has 0 bridgehead atoms. The van der Waals surface area contributed by atoms with Gasteiger partial charge in [-0.1, -0.05) is 0 Å². The van der Waals surface area contributed by atoms with Gasteiger partial charge in [-0.05, 0) is 18.2 Å². The quantitative estimate of drug-likeness (QED) is 0.828. The zero-order chi connectivity index (χ0) is 12.4. The molecule has 0 fully saturated rings. The van der Waals surface area contributed by atoms with Gasteiger partial charge in [0.2, 0.25) is 0 Å². The Labute approximate surface area is 96.7 Å². The third-order valence-corrected chi connectivity index (χ3v) is 2.35. The van der Waals surface area contributed by atoms with Crippen molar-refractivity contribution in [3.63, 3.8) is 0 Å². The second-order valence-corrected chi connectivity index (χ2v) is 3.64. The number of hydrogen-bond acceptors (Lipinski definition) is 3. The van der Waals surface area contributed by atoms with Gasteiger partial charge in [0.1, 0.15) is 5.56 Å². The van der Waals surface area contributed by atoms with Crippen LogP contribution in [-0.2, 0) is 13.6 Å². The first-order chi connectivity index (χ1) is 8.08. The van der Waals surface area contributed by atoms with E-state index in [0.29, 0.717) is 5.69 Å². The number of carboxylic acid groups (broad SMARTS) is 1. The zero-order valence-corrected chi connectivity index (χ0v) is 9.20. The van der Waals surface area contributed by atoms with Gasteiger partial charge in [-0.2, -0.15) is 5.10 Å². The van der Waals surface area contributed by atoms with Gasteiger partial charge in [-0.25, -0.2) is 4.79 Å². The molecule has 0 aliphatic carbocycles. The highest BCUT2D eigenvalue weighted by Gasteiger charge is 2.10. The molecule has 0 unspecified atom stereocenters. The number of nitrogens with zero attached hydrogens (tertiary/aromatic N) is 3. The van der Waals surface area contributed by atoms with Crippen molar-refractivity contribution in [2.24, 2.45) is 7.05 Å². The molecule has 0 saturated heterocycles. The van der Waals surface area contributed by atoms with Crippen LogP contribution >= 0.6 is 0 Å². The second kappa shape index (κ2) is 4.25. The lowest BCUT2D eigenvalue weighted by atomic mass is 10.3. The van der Waals surface area contributed by atoms with Crippen LogP contribution in [0.25, 0.3) is 0 Å². The molecule has 0 saturated carbocycles. The Morgan fingerprint density at radius 2 is 2.18 bits per heavy atom. The molecule has 1 N–H and O–H groups in total. The van der Waals surface area contributed by atoms with Crippen LogP contribution in [0.3, 0.4) is 0 Å². The summed E-state index contributed by atoms with van der Waals surface area (Å²) in [6, 6.07) is 4.60. The summed E-state index contributed by atoms with van der Waals surface area (Å²) in [7, 11) is 1.78. The highest BCUT2D eigenvalue weighted by molar-refractivity contribution is 5.86. The molecule has 17 heavy (non-hydrogen) atoms. The SMILES string of the molecule is Cn1ccc(Cn2cccc(C(=O)O)c2=O)n1. The minimum Gasteiger partial charge on any atom is -0.477 e. The van der Waals surface area contributed by atoms with Crippen molar-refractivity contribution in [3.8, 4) is 0 Å². The lowest BCUT2D eigenvalue weighted by molar-refractivity contribution is 0.0694. The Morgan fingerprint density at radius 3 is 2.76 bits per heavy atom. The molecule has 6 nitrogen and oxygen atoms in total. The van der Waals surface area contributed by atoms with Crippen molar-refractivity contribution in [1.29, 1.82) is 0 Å². The summed E-state index contributed by atoms with van der Waals surface area (Å²) in [4.78, 5) is 22.6. The van der Waals surface area contributed by atoms with Gasteiger partial charge in [0.15, 0.2) is 0 Å². The summed E-state index contributed by atoms with van der Waals surface area (Å²) in [5, 5.41) is 13.0. The van der Waals surface area contributed by atoms with Crippen molar-refractivity contribution in [1.82, 2.24) is 14.3 Å². The molecule has 88 valence electrons. The van der Waals surface area contributed by atoms with E-state index in [4.69, 9.17) is 5.11 Å². The molecular weight excluding hydrogens is 222 g/mol. The van der Waals surface area contributed by atoms with Gasteiger partial charge < -0.3 is 9.67 Å². The van der Waals surface area contributed by atoms with Gasteiger partial charge >= 0.3 is 5.97 Å². The minimum atomic E-state index is -1.22. The monoisotopic (exact) mass is 233 g/mol. The average molecular weight is 233 g/mol. The standard InChI is InChI=1S/C11H11N3O3/c1-13-6-4-8(12-13)7-14-5-2-3-9(10(14)15)11(16)17/h2-6H,7H2,1H3,(H,16,17). The van der Waals surface area contributed by atoms with Crippen LogP contribution in [0.15, 0.2) is 35.4 Å². The number of pyridine rings is 1. The Bertz CT molecular complexity index is 612. The van der Waals surface area contributed by atoms with Gasteiger partial charge in [0.05, 0.1) is 12.2 Å². The fourth-order valence-corrected chi connectivity index (χ4v) is 1.55. The molecule has 2 heterocycles. The summed E-state index contributed by atoms with van der Waals surface area (Å²) >= 11 is 0. The normalized spacial score (nSPS) is 10.4. The van der Waals surface area contributed by atoms with Crippen LogP contribution in [0.4, 0.5) is 0 Å². The molecule has 0 atom stereocenters. The van der Waals surface area contributed by atoms with E-state index in [1.165, 1.54) is 16.7 Å². The Balaban J connectivity index is 2.37. The molecule has 0 radical (unpaired) electrons. The highest BCUT2D eigenvalue weighted by atomic mass is 16.4. The van der Waals surface area contributed by atoms with Gasteiger partial charge in [0.25, 0.3) is 5.56 Å². The van der Waals surface area contributed by atoms with Crippen molar-refractivity contribution in [2.75, 3.05) is 0 Å². The molecule has 2 aromatic rings. The van der Waals surface area contributed by atoms with Crippen molar-refractivity contribution in [2.45, 2.75) is 6.54 Å². The Hall–Kier alpha value is -2.37. The molecule has 2 rings (SSSR count). The fourth-order valence-electron chi connectivity index (χ4n) is 1.55. The van der Waals surface area contributed by atoms with E-state index < -0.39 is 11.5 Å². The van der Waals surface area contributed by atoms with Crippen molar-refractivity contribution < 1.29 is 9.90 Å². The molecule has 2 aromatic heterocycles. The molecule has 0 aliphatic heterocycles. The van der Waals surface area contributed by atoms with E-state index >= 15 is 0 Å². The first-order valence-corrected chi connectivity index (χ1v) is 4.99. The van der Waals surface area contributed by atoms with E-state index in [0.717, 1.165) is 0 Å². The predicted octanol–water partition coefficient (Wildman–Crippen LogP) is 0.328. The number of rotatable bonds is 3. The maximum absolute atomic E-state index is 11.8. The smallest absolute Gasteiger partial charge is 0.341 e. The van der Waals surface area contributed by atoms with Crippen LogP contribution in [0.2, 0.25) is 0 Å². The van der Waals surface area contributed by atoms with E-state index in [1.54, 1.807) is 30.2 Å². The lowest BCUT2D eigenvalue weighted by Gasteiger charge is -2.03. The fraction of sp³-hybridized carbons (Fsp3) is 0.182. The average Bonchev–Trinajstić information content (AvgIpc) is 2.67. The first-order valence-electron chi connectivity index (χ1n) is 4.99. The predicted molar refractivity (Wildman–Crippen MR) is 60.0 cm³/mol. The topological polar surface area (TPSA) is 77.1 Å². The molecule has 0 spiro atoms. The third kappa shape index (κ3) is 2.25. The van der Waals surface area contributed by atoms with E-state index in [2.05, 4.69) is 5.10 Å². The highest BCUT2D eigenvalue weighted by Crippen LogP contribution is 1.98. The van der Waals surface area contributed by atoms with Crippen LogP contribution in [0.1, 0.15) is 16.1 Å². The lowest BCUT2D eigenvalue weighted by Crippen LogP contribution is -2.26. The number of carbonyl (C=O) groups is 1. The summed E-state index contributed by atoms with van der Waals surface area (Å²) in [6.45, 7) is 0.265. The molecule has 0 amide bonds. The second-order valence-electron chi connectivity index (χ2n) is 3.64. The number of hydrogen-bond donors (Lipinski definition) is 1.